The largest absolute Gasteiger partial charge is 0.337 e. The van der Waals surface area contributed by atoms with Crippen LogP contribution >= 0.6 is 12.6 Å². The smallest absolute Gasteiger partial charge is 0.254 e. The van der Waals surface area contributed by atoms with Crippen molar-refractivity contribution in [1.82, 2.24) is 4.90 Å². The van der Waals surface area contributed by atoms with Gasteiger partial charge in [-0.2, -0.15) is 0 Å². The summed E-state index contributed by atoms with van der Waals surface area (Å²) in [5, 5.41) is 0. The molecular formula is C10H11NOS. The molecule has 0 saturated carbocycles. The predicted octanol–water partition coefficient (Wildman–Crippen LogP) is 1.87. The van der Waals surface area contributed by atoms with Gasteiger partial charge in [-0.05, 0) is 30.2 Å². The maximum Gasteiger partial charge on any atom is 0.254 e. The highest BCUT2D eigenvalue weighted by molar-refractivity contribution is 7.80. The van der Waals surface area contributed by atoms with Gasteiger partial charge in [0.2, 0.25) is 0 Å². The average molecular weight is 193 g/mol. The van der Waals surface area contributed by atoms with E-state index in [-0.39, 0.29) is 5.91 Å². The number of nitrogens with zero attached hydrogens (tertiary/aromatic N) is 1. The zero-order valence-corrected chi connectivity index (χ0v) is 8.56. The summed E-state index contributed by atoms with van der Waals surface area (Å²) in [5.74, 6) is 0.126. The molecule has 0 spiro atoms. The summed E-state index contributed by atoms with van der Waals surface area (Å²) in [6.45, 7) is 2.67. The first kappa shape index (κ1) is 8.63. The summed E-state index contributed by atoms with van der Waals surface area (Å²) in [7, 11) is 1.82. The van der Waals surface area contributed by atoms with Crippen molar-refractivity contribution in [3.63, 3.8) is 0 Å². The van der Waals surface area contributed by atoms with Gasteiger partial charge in [-0.25, -0.2) is 0 Å². The number of amides is 1. The molecule has 0 aliphatic carbocycles. The van der Waals surface area contributed by atoms with Gasteiger partial charge >= 0.3 is 0 Å². The van der Waals surface area contributed by atoms with Crippen LogP contribution in [0.2, 0.25) is 0 Å². The maximum atomic E-state index is 11.6. The van der Waals surface area contributed by atoms with Crippen LogP contribution in [0.15, 0.2) is 17.0 Å². The summed E-state index contributed by atoms with van der Waals surface area (Å²) < 4.78 is 0. The molecule has 2 nitrogen and oxygen atoms in total. The quantitative estimate of drug-likeness (QED) is 0.624. The van der Waals surface area contributed by atoms with E-state index < -0.39 is 0 Å². The molecule has 1 aromatic rings. The first-order valence-corrected chi connectivity index (χ1v) is 4.62. The molecule has 0 fully saturated rings. The van der Waals surface area contributed by atoms with Gasteiger partial charge in [0.15, 0.2) is 0 Å². The molecule has 0 bridgehead atoms. The van der Waals surface area contributed by atoms with E-state index >= 15 is 0 Å². The van der Waals surface area contributed by atoms with Gasteiger partial charge in [-0.1, -0.05) is 0 Å². The molecular weight excluding hydrogens is 182 g/mol. The van der Waals surface area contributed by atoms with E-state index in [1.165, 1.54) is 0 Å². The number of thiol groups is 1. The first-order chi connectivity index (χ1) is 6.09. The van der Waals surface area contributed by atoms with Crippen LogP contribution in [0, 0.1) is 6.92 Å². The van der Waals surface area contributed by atoms with Crippen LogP contribution in [0.25, 0.3) is 0 Å². The second-order valence-corrected chi connectivity index (χ2v) is 3.97. The van der Waals surface area contributed by atoms with Gasteiger partial charge in [0.25, 0.3) is 5.91 Å². The molecule has 1 aromatic carbocycles. The fourth-order valence-corrected chi connectivity index (χ4v) is 2.14. The van der Waals surface area contributed by atoms with Gasteiger partial charge in [0.1, 0.15) is 0 Å². The Hall–Kier alpha value is -0.960. The van der Waals surface area contributed by atoms with Crippen molar-refractivity contribution in [1.29, 1.82) is 0 Å². The lowest BCUT2D eigenvalue weighted by Gasteiger charge is -2.05. The molecule has 2 rings (SSSR count). The summed E-state index contributed by atoms with van der Waals surface area (Å²) >= 11 is 4.28. The monoisotopic (exact) mass is 193 g/mol. The lowest BCUT2D eigenvalue weighted by molar-refractivity contribution is 0.0816. The van der Waals surface area contributed by atoms with Crippen molar-refractivity contribution >= 4 is 18.5 Å². The van der Waals surface area contributed by atoms with Crippen LogP contribution in [0.3, 0.4) is 0 Å². The molecule has 13 heavy (non-hydrogen) atoms. The van der Waals surface area contributed by atoms with Gasteiger partial charge < -0.3 is 4.90 Å². The molecule has 0 N–H and O–H groups in total. The fourth-order valence-electron chi connectivity index (χ4n) is 1.79. The highest BCUT2D eigenvalue weighted by Gasteiger charge is 2.25. The van der Waals surface area contributed by atoms with Crippen LogP contribution in [-0.2, 0) is 6.54 Å². The van der Waals surface area contributed by atoms with Crippen molar-refractivity contribution < 1.29 is 4.79 Å². The Kier molecular flexibility index (Phi) is 1.84. The summed E-state index contributed by atoms with van der Waals surface area (Å²) in [6.07, 6.45) is 0. The standard InChI is InChI=1S/C10H11NOS/c1-6-3-8(13)4-7-5-11(2)10(12)9(6)7/h3-4,13H,5H2,1-2H3. The summed E-state index contributed by atoms with van der Waals surface area (Å²) in [4.78, 5) is 14.3. The highest BCUT2D eigenvalue weighted by Crippen LogP contribution is 2.27. The average Bonchev–Trinajstić information content (AvgIpc) is 2.27. The third-order valence-corrected chi connectivity index (χ3v) is 2.63. The molecule has 0 saturated heterocycles. The number of hydrogen-bond donors (Lipinski definition) is 1. The third-order valence-electron chi connectivity index (χ3n) is 2.37. The Balaban J connectivity index is 2.64. The minimum absolute atomic E-state index is 0.126. The summed E-state index contributed by atoms with van der Waals surface area (Å²) in [6, 6.07) is 3.89. The number of hydrogen-bond acceptors (Lipinski definition) is 2. The molecule has 1 aliphatic rings. The minimum atomic E-state index is 0.126. The summed E-state index contributed by atoms with van der Waals surface area (Å²) in [5.41, 5.74) is 2.98. The van der Waals surface area contributed by atoms with Crippen LogP contribution in [0.1, 0.15) is 21.5 Å². The van der Waals surface area contributed by atoms with E-state index in [0.717, 1.165) is 21.6 Å². The third kappa shape index (κ3) is 1.23. The number of carbonyl (C=O) groups is 1. The minimum Gasteiger partial charge on any atom is -0.337 e. The van der Waals surface area contributed by atoms with Crippen molar-refractivity contribution in [2.24, 2.45) is 0 Å². The fraction of sp³-hybridized carbons (Fsp3) is 0.300. The SMILES string of the molecule is Cc1cc(S)cc2c1C(=O)N(C)C2. The lowest BCUT2D eigenvalue weighted by Crippen LogP contribution is -2.17. The van der Waals surface area contributed by atoms with Gasteiger partial charge in [-0.3, -0.25) is 4.79 Å². The Morgan fingerprint density at radius 3 is 2.85 bits per heavy atom. The van der Waals surface area contributed by atoms with Crippen molar-refractivity contribution in [2.45, 2.75) is 18.4 Å². The molecule has 1 aliphatic heterocycles. The second-order valence-electron chi connectivity index (χ2n) is 3.46. The Morgan fingerprint density at radius 2 is 2.15 bits per heavy atom. The number of benzene rings is 1. The number of carbonyl (C=O) groups excluding carboxylic acids is 1. The first-order valence-electron chi connectivity index (χ1n) is 4.17. The molecule has 3 heteroatoms. The van der Waals surface area contributed by atoms with Crippen molar-refractivity contribution in [3.05, 3.63) is 28.8 Å². The van der Waals surface area contributed by atoms with E-state index in [1.807, 2.05) is 26.1 Å². The van der Waals surface area contributed by atoms with Gasteiger partial charge in [0, 0.05) is 24.1 Å². The molecule has 1 heterocycles. The van der Waals surface area contributed by atoms with Gasteiger partial charge in [0.05, 0.1) is 0 Å². The lowest BCUT2D eigenvalue weighted by atomic mass is 10.0. The molecule has 0 aromatic heterocycles. The number of rotatable bonds is 0. The maximum absolute atomic E-state index is 11.6. The van der Waals surface area contributed by atoms with E-state index in [9.17, 15) is 4.79 Å². The normalized spacial score (nSPS) is 15.0. The Bertz CT molecular complexity index is 387. The molecule has 0 radical (unpaired) electrons. The highest BCUT2D eigenvalue weighted by atomic mass is 32.1. The number of aryl methyl sites for hydroxylation is 1. The van der Waals surface area contributed by atoms with Crippen LogP contribution in [-0.4, -0.2) is 17.9 Å². The predicted molar refractivity (Wildman–Crippen MR) is 54.2 cm³/mol. The van der Waals surface area contributed by atoms with E-state index in [1.54, 1.807) is 4.90 Å². The molecule has 0 unspecified atom stereocenters. The van der Waals surface area contributed by atoms with Crippen LogP contribution < -0.4 is 0 Å². The van der Waals surface area contributed by atoms with Crippen molar-refractivity contribution in [2.75, 3.05) is 7.05 Å². The Labute approximate surface area is 83.0 Å². The van der Waals surface area contributed by atoms with E-state index in [0.29, 0.717) is 6.54 Å². The zero-order valence-electron chi connectivity index (χ0n) is 7.66. The molecule has 0 atom stereocenters. The molecule has 1 amide bonds. The van der Waals surface area contributed by atoms with E-state index in [4.69, 9.17) is 0 Å². The molecule has 68 valence electrons. The Morgan fingerprint density at radius 1 is 1.46 bits per heavy atom. The van der Waals surface area contributed by atoms with E-state index in [2.05, 4.69) is 12.6 Å². The van der Waals surface area contributed by atoms with Gasteiger partial charge in [-0.15, -0.1) is 12.6 Å². The van der Waals surface area contributed by atoms with Crippen LogP contribution in [0.4, 0.5) is 0 Å². The second kappa shape index (κ2) is 2.77. The number of fused-ring (bicyclic) bond motifs is 1. The zero-order chi connectivity index (χ0) is 9.59. The van der Waals surface area contributed by atoms with Crippen molar-refractivity contribution in [3.8, 4) is 0 Å². The topological polar surface area (TPSA) is 20.3 Å². The van der Waals surface area contributed by atoms with Crippen LogP contribution in [0.5, 0.6) is 0 Å².